The Morgan fingerprint density at radius 1 is 1.53 bits per heavy atom. The first-order valence-corrected chi connectivity index (χ1v) is 6.80. The van der Waals surface area contributed by atoms with E-state index >= 15 is 0 Å². The van der Waals surface area contributed by atoms with Crippen LogP contribution in [0.4, 0.5) is 0 Å². The third-order valence-corrected chi connectivity index (χ3v) is 3.94. The van der Waals surface area contributed by atoms with Gasteiger partial charge in [-0.2, -0.15) is 0 Å². The number of hydrogen-bond donors (Lipinski definition) is 1. The summed E-state index contributed by atoms with van der Waals surface area (Å²) >= 11 is 0. The highest BCUT2D eigenvalue weighted by Crippen LogP contribution is 2.36. The lowest BCUT2D eigenvalue weighted by atomic mass is 9.78. The van der Waals surface area contributed by atoms with Crippen molar-refractivity contribution in [3.05, 3.63) is 11.9 Å². The summed E-state index contributed by atoms with van der Waals surface area (Å²) in [5, 5.41) is 11.7. The van der Waals surface area contributed by atoms with Crippen LogP contribution >= 0.6 is 0 Å². The molecule has 96 valence electrons. The zero-order valence-corrected chi connectivity index (χ0v) is 11.2. The molecule has 1 saturated carbocycles. The van der Waals surface area contributed by atoms with Gasteiger partial charge in [0.05, 0.1) is 17.9 Å². The molecule has 0 aliphatic heterocycles. The highest BCUT2D eigenvalue weighted by molar-refractivity contribution is 5.04. The molecule has 1 fully saturated rings. The van der Waals surface area contributed by atoms with E-state index in [4.69, 9.17) is 0 Å². The lowest BCUT2D eigenvalue weighted by molar-refractivity contribution is 0.219. The molecule has 0 amide bonds. The zero-order valence-electron chi connectivity index (χ0n) is 11.2. The van der Waals surface area contributed by atoms with Crippen molar-refractivity contribution in [2.75, 3.05) is 6.54 Å². The van der Waals surface area contributed by atoms with Gasteiger partial charge in [-0.15, -0.1) is 5.10 Å². The Morgan fingerprint density at radius 2 is 2.35 bits per heavy atom. The number of hydrogen-bond acceptors (Lipinski definition) is 3. The normalized spacial score (nSPS) is 27.0. The van der Waals surface area contributed by atoms with Gasteiger partial charge in [0.25, 0.3) is 0 Å². The Hall–Kier alpha value is -0.900. The molecule has 1 heterocycles. The molecule has 1 aliphatic carbocycles. The SMILES string of the molecule is CCNC(c1cnnn1C)C1CCCC(C)C1. The summed E-state index contributed by atoms with van der Waals surface area (Å²) < 4.78 is 1.91. The molecule has 0 saturated heterocycles. The van der Waals surface area contributed by atoms with Crippen LogP contribution in [0.5, 0.6) is 0 Å². The van der Waals surface area contributed by atoms with Crippen LogP contribution < -0.4 is 5.32 Å². The number of aryl methyl sites for hydroxylation is 1. The highest BCUT2D eigenvalue weighted by atomic mass is 15.4. The number of nitrogens with zero attached hydrogens (tertiary/aromatic N) is 3. The molecule has 0 aromatic carbocycles. The standard InChI is InChI=1S/C13H24N4/c1-4-14-13(12-9-15-16-17(12)3)11-7-5-6-10(2)8-11/h9-11,13-14H,4-8H2,1-3H3. The van der Waals surface area contributed by atoms with Crippen LogP contribution in [0, 0.1) is 11.8 Å². The largest absolute Gasteiger partial charge is 0.309 e. The molecule has 0 radical (unpaired) electrons. The molecule has 1 aliphatic rings. The van der Waals surface area contributed by atoms with Gasteiger partial charge >= 0.3 is 0 Å². The first-order valence-electron chi connectivity index (χ1n) is 6.80. The topological polar surface area (TPSA) is 42.7 Å². The fraction of sp³-hybridized carbons (Fsp3) is 0.846. The van der Waals surface area contributed by atoms with Gasteiger partial charge in [0, 0.05) is 7.05 Å². The quantitative estimate of drug-likeness (QED) is 0.872. The lowest BCUT2D eigenvalue weighted by Crippen LogP contribution is -2.32. The Labute approximate surface area is 104 Å². The van der Waals surface area contributed by atoms with Crippen LogP contribution in [-0.4, -0.2) is 21.5 Å². The molecule has 1 aromatic heterocycles. The molecule has 1 aromatic rings. The maximum absolute atomic E-state index is 4.06. The van der Waals surface area contributed by atoms with Crippen molar-refractivity contribution >= 4 is 0 Å². The molecule has 4 heteroatoms. The van der Waals surface area contributed by atoms with E-state index in [-0.39, 0.29) is 0 Å². The molecule has 0 bridgehead atoms. The molecule has 1 N–H and O–H groups in total. The van der Waals surface area contributed by atoms with Crippen LogP contribution in [-0.2, 0) is 7.05 Å². The molecule has 3 atom stereocenters. The third-order valence-electron chi connectivity index (χ3n) is 3.94. The summed E-state index contributed by atoms with van der Waals surface area (Å²) in [4.78, 5) is 0. The fourth-order valence-electron chi connectivity index (χ4n) is 3.10. The van der Waals surface area contributed by atoms with Crippen molar-refractivity contribution in [2.24, 2.45) is 18.9 Å². The molecule has 3 unspecified atom stereocenters. The maximum atomic E-state index is 4.06. The summed E-state index contributed by atoms with van der Waals surface area (Å²) in [5.74, 6) is 1.59. The van der Waals surface area contributed by atoms with Crippen LogP contribution in [0.2, 0.25) is 0 Å². The second-order valence-corrected chi connectivity index (χ2v) is 5.35. The van der Waals surface area contributed by atoms with Crippen molar-refractivity contribution < 1.29 is 0 Å². The van der Waals surface area contributed by atoms with Crippen molar-refractivity contribution in [3.63, 3.8) is 0 Å². The van der Waals surface area contributed by atoms with Crippen molar-refractivity contribution in [1.82, 2.24) is 20.3 Å². The summed E-state index contributed by atoms with van der Waals surface area (Å²) in [5.41, 5.74) is 1.23. The number of rotatable bonds is 4. The monoisotopic (exact) mass is 236 g/mol. The van der Waals surface area contributed by atoms with Crippen LogP contribution in [0.15, 0.2) is 6.20 Å². The first kappa shape index (κ1) is 12.6. The van der Waals surface area contributed by atoms with Gasteiger partial charge < -0.3 is 5.32 Å². The molecular weight excluding hydrogens is 212 g/mol. The number of aromatic nitrogens is 3. The summed E-state index contributed by atoms with van der Waals surface area (Å²) in [7, 11) is 1.99. The predicted octanol–water partition coefficient (Wildman–Crippen LogP) is 2.29. The summed E-state index contributed by atoms with van der Waals surface area (Å²) in [6.07, 6.45) is 7.31. The van der Waals surface area contributed by atoms with E-state index in [0.29, 0.717) is 6.04 Å². The van der Waals surface area contributed by atoms with Gasteiger partial charge in [-0.25, -0.2) is 0 Å². The van der Waals surface area contributed by atoms with E-state index < -0.39 is 0 Å². The second kappa shape index (κ2) is 5.63. The molecule has 2 rings (SSSR count). The van der Waals surface area contributed by atoms with Gasteiger partial charge in [-0.05, 0) is 31.2 Å². The summed E-state index contributed by atoms with van der Waals surface area (Å²) in [6, 6.07) is 0.419. The fourth-order valence-corrected chi connectivity index (χ4v) is 3.10. The van der Waals surface area contributed by atoms with E-state index in [1.165, 1.54) is 31.4 Å². The van der Waals surface area contributed by atoms with E-state index in [1.807, 2.05) is 17.9 Å². The Kier molecular flexibility index (Phi) is 4.15. The Morgan fingerprint density at radius 3 is 2.94 bits per heavy atom. The molecule has 0 spiro atoms. The van der Waals surface area contributed by atoms with E-state index in [9.17, 15) is 0 Å². The van der Waals surface area contributed by atoms with Crippen molar-refractivity contribution in [2.45, 2.75) is 45.6 Å². The predicted molar refractivity (Wildman–Crippen MR) is 68.5 cm³/mol. The first-order chi connectivity index (χ1) is 8.22. The van der Waals surface area contributed by atoms with E-state index in [2.05, 4.69) is 29.5 Å². The smallest absolute Gasteiger partial charge is 0.0756 e. The van der Waals surface area contributed by atoms with Gasteiger partial charge in [0.2, 0.25) is 0 Å². The van der Waals surface area contributed by atoms with Gasteiger partial charge in [0.1, 0.15) is 0 Å². The average Bonchev–Trinajstić information content (AvgIpc) is 2.72. The van der Waals surface area contributed by atoms with Crippen LogP contribution in [0.1, 0.15) is 51.3 Å². The maximum Gasteiger partial charge on any atom is 0.0756 e. The van der Waals surface area contributed by atoms with Crippen molar-refractivity contribution in [1.29, 1.82) is 0 Å². The van der Waals surface area contributed by atoms with Gasteiger partial charge in [-0.1, -0.05) is 31.9 Å². The second-order valence-electron chi connectivity index (χ2n) is 5.35. The lowest BCUT2D eigenvalue weighted by Gasteiger charge is -2.33. The van der Waals surface area contributed by atoms with E-state index in [1.54, 1.807) is 0 Å². The van der Waals surface area contributed by atoms with Gasteiger partial charge in [0.15, 0.2) is 0 Å². The highest BCUT2D eigenvalue weighted by Gasteiger charge is 2.29. The molecule has 17 heavy (non-hydrogen) atoms. The van der Waals surface area contributed by atoms with Crippen LogP contribution in [0.25, 0.3) is 0 Å². The van der Waals surface area contributed by atoms with Crippen LogP contribution in [0.3, 0.4) is 0 Å². The minimum Gasteiger partial charge on any atom is -0.309 e. The Bertz CT molecular complexity index is 347. The minimum absolute atomic E-state index is 0.419. The zero-order chi connectivity index (χ0) is 12.3. The summed E-state index contributed by atoms with van der Waals surface area (Å²) in [6.45, 7) is 5.54. The minimum atomic E-state index is 0.419. The Balaban J connectivity index is 2.14. The third kappa shape index (κ3) is 2.86. The molecular formula is C13H24N4. The molecule has 4 nitrogen and oxygen atoms in total. The van der Waals surface area contributed by atoms with Gasteiger partial charge in [-0.3, -0.25) is 4.68 Å². The van der Waals surface area contributed by atoms with Crippen molar-refractivity contribution in [3.8, 4) is 0 Å². The van der Waals surface area contributed by atoms with E-state index in [0.717, 1.165) is 18.4 Å². The average molecular weight is 236 g/mol. The number of nitrogens with one attached hydrogen (secondary N) is 1.